The lowest BCUT2D eigenvalue weighted by atomic mass is 9.94. The summed E-state index contributed by atoms with van der Waals surface area (Å²) in [6.45, 7) is 5.39. The van der Waals surface area contributed by atoms with E-state index in [2.05, 4.69) is 35.7 Å². The zero-order chi connectivity index (χ0) is 26.2. The number of nitrogens with zero attached hydrogens (tertiary/aromatic N) is 1. The van der Waals surface area contributed by atoms with E-state index >= 15 is 0 Å². The molecule has 0 radical (unpaired) electrons. The number of rotatable bonds is 16. The van der Waals surface area contributed by atoms with E-state index in [1.165, 1.54) is 0 Å². The van der Waals surface area contributed by atoms with E-state index in [0.717, 1.165) is 12.0 Å². The first-order valence-corrected chi connectivity index (χ1v) is 12.3. The van der Waals surface area contributed by atoms with Gasteiger partial charge in [0.25, 0.3) is 0 Å². The highest BCUT2D eigenvalue weighted by Gasteiger charge is 2.28. The molecule has 8 nitrogen and oxygen atoms in total. The van der Waals surface area contributed by atoms with Gasteiger partial charge >= 0.3 is 0 Å². The lowest BCUT2D eigenvalue weighted by molar-refractivity contribution is -0.136. The number of nitrogens with one attached hydrogen (secondary N) is 3. The van der Waals surface area contributed by atoms with Crippen molar-refractivity contribution in [3.05, 3.63) is 35.9 Å². The standard InChI is InChI=1S/C27H42N4O4/c1-6-10-24(27(35)29-19-23(32)14-13-20(2)3)30-26(34)22(17-21-11-8-7-9-12-21)18-25(33)31(5)16-15-28-4/h1,7-9,11-12,20,22-24,28,32H,10,13-19H2,2-5H3,(H,29,35)(H,30,34)/t22-,23+,24+/m1/s1. The van der Waals surface area contributed by atoms with Crippen molar-refractivity contribution in [1.82, 2.24) is 20.9 Å². The Labute approximate surface area is 210 Å². The average molecular weight is 487 g/mol. The number of hydrogen-bond acceptors (Lipinski definition) is 5. The Morgan fingerprint density at radius 3 is 2.40 bits per heavy atom. The van der Waals surface area contributed by atoms with Crippen LogP contribution in [-0.2, 0) is 20.8 Å². The summed E-state index contributed by atoms with van der Waals surface area (Å²) in [5.41, 5.74) is 0.921. The van der Waals surface area contributed by atoms with Gasteiger partial charge < -0.3 is 26.0 Å². The van der Waals surface area contributed by atoms with Crippen molar-refractivity contribution in [1.29, 1.82) is 0 Å². The van der Waals surface area contributed by atoms with Gasteiger partial charge in [0, 0.05) is 39.5 Å². The Morgan fingerprint density at radius 1 is 1.11 bits per heavy atom. The molecule has 0 aliphatic heterocycles. The lowest BCUT2D eigenvalue weighted by Gasteiger charge is -2.24. The molecule has 0 aromatic heterocycles. The largest absolute Gasteiger partial charge is 0.391 e. The minimum atomic E-state index is -0.944. The monoisotopic (exact) mass is 486 g/mol. The van der Waals surface area contributed by atoms with E-state index in [9.17, 15) is 19.5 Å². The second-order valence-corrected chi connectivity index (χ2v) is 9.35. The molecule has 8 heteroatoms. The number of terminal acetylenes is 1. The zero-order valence-corrected chi connectivity index (χ0v) is 21.5. The van der Waals surface area contributed by atoms with E-state index in [4.69, 9.17) is 6.42 Å². The molecule has 194 valence electrons. The molecule has 1 rings (SSSR count). The third kappa shape index (κ3) is 12.4. The number of amides is 3. The van der Waals surface area contributed by atoms with Gasteiger partial charge in [-0.25, -0.2) is 0 Å². The number of aliphatic hydroxyl groups is 1. The Morgan fingerprint density at radius 2 is 1.80 bits per heavy atom. The van der Waals surface area contributed by atoms with Crippen molar-refractivity contribution >= 4 is 17.7 Å². The average Bonchev–Trinajstić information content (AvgIpc) is 2.84. The first-order chi connectivity index (χ1) is 16.7. The highest BCUT2D eigenvalue weighted by Crippen LogP contribution is 2.15. The predicted octanol–water partition coefficient (Wildman–Crippen LogP) is 1.33. The van der Waals surface area contributed by atoms with Crippen LogP contribution in [-0.4, -0.2) is 73.6 Å². The first kappa shape index (κ1) is 30.1. The normalized spacial score (nSPS) is 13.4. The number of aliphatic hydroxyl groups excluding tert-OH is 1. The first-order valence-electron chi connectivity index (χ1n) is 12.3. The maximum absolute atomic E-state index is 13.2. The third-order valence-corrected chi connectivity index (χ3v) is 5.78. The Kier molecular flexibility index (Phi) is 14.4. The second-order valence-electron chi connectivity index (χ2n) is 9.35. The van der Waals surface area contributed by atoms with E-state index in [1.54, 1.807) is 11.9 Å². The highest BCUT2D eigenvalue weighted by atomic mass is 16.3. The highest BCUT2D eigenvalue weighted by molar-refractivity contribution is 5.91. The molecule has 0 aliphatic rings. The van der Waals surface area contributed by atoms with Crippen LogP contribution >= 0.6 is 0 Å². The molecule has 1 aromatic rings. The maximum Gasteiger partial charge on any atom is 0.243 e. The molecule has 0 bridgehead atoms. The van der Waals surface area contributed by atoms with Gasteiger partial charge in [0.15, 0.2) is 0 Å². The third-order valence-electron chi connectivity index (χ3n) is 5.78. The van der Waals surface area contributed by atoms with Gasteiger partial charge in [0.2, 0.25) is 17.7 Å². The van der Waals surface area contributed by atoms with Gasteiger partial charge in [0.1, 0.15) is 6.04 Å². The molecule has 0 fully saturated rings. The van der Waals surface area contributed by atoms with Crippen molar-refractivity contribution in [2.24, 2.45) is 11.8 Å². The summed E-state index contributed by atoms with van der Waals surface area (Å²) >= 11 is 0. The van der Waals surface area contributed by atoms with Gasteiger partial charge in [-0.15, -0.1) is 12.3 Å². The fourth-order valence-electron chi connectivity index (χ4n) is 3.51. The summed E-state index contributed by atoms with van der Waals surface area (Å²) in [7, 11) is 3.51. The predicted molar refractivity (Wildman–Crippen MR) is 138 cm³/mol. The number of carbonyl (C=O) groups excluding carboxylic acids is 3. The lowest BCUT2D eigenvalue weighted by Crippen LogP contribution is -2.50. The SMILES string of the molecule is C#CC[C@H](NC(=O)[C@@H](CC(=O)N(C)CCNC)Cc1ccccc1)C(=O)NC[C@@H](O)CCC(C)C. The Bertz CT molecular complexity index is 822. The topological polar surface area (TPSA) is 111 Å². The molecular weight excluding hydrogens is 444 g/mol. The number of hydrogen-bond donors (Lipinski definition) is 4. The second kappa shape index (κ2) is 16.7. The van der Waals surface area contributed by atoms with Crippen LogP contribution in [0.15, 0.2) is 30.3 Å². The zero-order valence-electron chi connectivity index (χ0n) is 21.5. The molecule has 3 atom stereocenters. The molecule has 0 heterocycles. The van der Waals surface area contributed by atoms with Crippen LogP contribution in [0.1, 0.15) is 45.1 Å². The molecule has 0 saturated heterocycles. The smallest absolute Gasteiger partial charge is 0.243 e. The number of carbonyl (C=O) groups is 3. The van der Waals surface area contributed by atoms with Gasteiger partial charge in [-0.2, -0.15) is 0 Å². The fourth-order valence-corrected chi connectivity index (χ4v) is 3.51. The summed E-state index contributed by atoms with van der Waals surface area (Å²) < 4.78 is 0. The molecular formula is C27H42N4O4. The fraction of sp³-hybridized carbons (Fsp3) is 0.593. The van der Waals surface area contributed by atoms with E-state index < -0.39 is 29.9 Å². The maximum atomic E-state index is 13.2. The Hall–Kier alpha value is -2.89. The van der Waals surface area contributed by atoms with Crippen LogP contribution in [0.2, 0.25) is 0 Å². The minimum absolute atomic E-state index is 0.00768. The van der Waals surface area contributed by atoms with Crippen molar-refractivity contribution in [3.8, 4) is 12.3 Å². The van der Waals surface area contributed by atoms with Crippen LogP contribution in [0.25, 0.3) is 0 Å². The molecule has 4 N–H and O–H groups in total. The molecule has 35 heavy (non-hydrogen) atoms. The summed E-state index contributed by atoms with van der Waals surface area (Å²) in [6.07, 6.45) is 6.58. The van der Waals surface area contributed by atoms with Gasteiger partial charge in [0.05, 0.1) is 12.0 Å². The van der Waals surface area contributed by atoms with E-state index in [-0.39, 0.29) is 25.3 Å². The molecule has 0 saturated carbocycles. The molecule has 0 aliphatic carbocycles. The van der Waals surface area contributed by atoms with Gasteiger partial charge in [-0.05, 0) is 37.8 Å². The Balaban J connectivity index is 2.86. The number of benzene rings is 1. The van der Waals surface area contributed by atoms with Crippen LogP contribution < -0.4 is 16.0 Å². The van der Waals surface area contributed by atoms with Crippen molar-refractivity contribution in [2.75, 3.05) is 33.7 Å². The van der Waals surface area contributed by atoms with Crippen LogP contribution in [0.3, 0.4) is 0 Å². The summed E-state index contributed by atoms with van der Waals surface area (Å²) in [6, 6.07) is 8.51. The molecule has 3 amide bonds. The van der Waals surface area contributed by atoms with Crippen molar-refractivity contribution < 1.29 is 19.5 Å². The van der Waals surface area contributed by atoms with Crippen LogP contribution in [0, 0.1) is 24.2 Å². The molecule has 0 unspecified atom stereocenters. The number of likely N-dealkylation sites (N-methyl/N-ethyl adjacent to an activating group) is 2. The van der Waals surface area contributed by atoms with Crippen molar-refractivity contribution in [2.45, 2.75) is 58.1 Å². The van der Waals surface area contributed by atoms with Crippen molar-refractivity contribution in [3.63, 3.8) is 0 Å². The quantitative estimate of drug-likeness (QED) is 0.264. The van der Waals surface area contributed by atoms with Gasteiger partial charge in [-0.3, -0.25) is 14.4 Å². The summed E-state index contributed by atoms with van der Waals surface area (Å²) in [5.74, 6) is 1.22. The van der Waals surface area contributed by atoms with Crippen LogP contribution in [0.4, 0.5) is 0 Å². The van der Waals surface area contributed by atoms with Crippen LogP contribution in [0.5, 0.6) is 0 Å². The summed E-state index contributed by atoms with van der Waals surface area (Å²) in [5, 5.41) is 18.5. The summed E-state index contributed by atoms with van der Waals surface area (Å²) in [4.78, 5) is 40.3. The minimum Gasteiger partial charge on any atom is -0.391 e. The molecule has 0 spiro atoms. The molecule has 1 aromatic carbocycles. The van der Waals surface area contributed by atoms with E-state index in [0.29, 0.717) is 31.8 Å². The van der Waals surface area contributed by atoms with Gasteiger partial charge in [-0.1, -0.05) is 44.2 Å². The van der Waals surface area contributed by atoms with E-state index in [1.807, 2.05) is 37.4 Å².